The Morgan fingerprint density at radius 1 is 1.14 bits per heavy atom. The Bertz CT molecular complexity index is 931. The van der Waals surface area contributed by atoms with E-state index in [2.05, 4.69) is 21.2 Å². The SMILES string of the molecule is COc1ccc(C=NNC(=O)CNC(=O)Nc2cccc([N+](=O)[O-])c2)cc1OC. The second-order valence-corrected chi connectivity index (χ2v) is 5.52. The lowest BCUT2D eigenvalue weighted by molar-refractivity contribution is -0.384. The van der Waals surface area contributed by atoms with Crippen LogP contribution >= 0.6 is 0 Å². The minimum Gasteiger partial charge on any atom is -0.493 e. The van der Waals surface area contributed by atoms with E-state index in [1.165, 1.54) is 44.7 Å². The number of hydrogen-bond donors (Lipinski definition) is 3. The molecule has 11 heteroatoms. The molecule has 0 heterocycles. The van der Waals surface area contributed by atoms with Gasteiger partial charge in [0.25, 0.3) is 11.6 Å². The summed E-state index contributed by atoms with van der Waals surface area (Å²) in [6, 6.07) is 9.83. The van der Waals surface area contributed by atoms with E-state index in [0.717, 1.165) is 0 Å². The van der Waals surface area contributed by atoms with Gasteiger partial charge in [-0.15, -0.1) is 0 Å². The fourth-order valence-electron chi connectivity index (χ4n) is 2.18. The standard InChI is InChI=1S/C18H19N5O6/c1-28-15-7-6-12(8-16(15)29-2)10-20-22-17(24)11-19-18(25)21-13-4-3-5-14(9-13)23(26)27/h3-10H,11H2,1-2H3,(H,22,24)(H2,19,21,25). The summed E-state index contributed by atoms with van der Waals surface area (Å²) in [5, 5.41) is 19.2. The molecule has 0 aliphatic heterocycles. The van der Waals surface area contributed by atoms with Gasteiger partial charge in [0, 0.05) is 17.8 Å². The van der Waals surface area contributed by atoms with Crippen LogP contribution in [0.1, 0.15) is 5.56 Å². The Labute approximate surface area is 165 Å². The van der Waals surface area contributed by atoms with Crippen LogP contribution in [0.5, 0.6) is 11.5 Å². The zero-order valence-corrected chi connectivity index (χ0v) is 15.7. The first-order valence-electron chi connectivity index (χ1n) is 8.26. The molecule has 0 radical (unpaired) electrons. The van der Waals surface area contributed by atoms with Crippen LogP contribution < -0.4 is 25.5 Å². The molecule has 0 aromatic heterocycles. The van der Waals surface area contributed by atoms with Gasteiger partial charge in [0.05, 0.1) is 25.4 Å². The largest absolute Gasteiger partial charge is 0.493 e. The molecule has 11 nitrogen and oxygen atoms in total. The van der Waals surface area contributed by atoms with Crippen molar-refractivity contribution in [2.45, 2.75) is 0 Å². The number of carbonyl (C=O) groups excluding carboxylic acids is 2. The number of ether oxygens (including phenoxy) is 2. The zero-order valence-electron chi connectivity index (χ0n) is 15.7. The number of rotatable bonds is 8. The number of benzene rings is 2. The first-order valence-corrected chi connectivity index (χ1v) is 8.26. The Morgan fingerprint density at radius 2 is 1.90 bits per heavy atom. The third-order valence-corrected chi connectivity index (χ3v) is 3.53. The summed E-state index contributed by atoms with van der Waals surface area (Å²) in [6.45, 7) is -0.343. The molecule has 3 N–H and O–H groups in total. The number of hydrazone groups is 1. The van der Waals surface area contributed by atoms with E-state index in [-0.39, 0.29) is 17.9 Å². The van der Waals surface area contributed by atoms with E-state index in [9.17, 15) is 19.7 Å². The van der Waals surface area contributed by atoms with Crippen LogP contribution in [0.2, 0.25) is 0 Å². The fraction of sp³-hybridized carbons (Fsp3) is 0.167. The maximum absolute atomic E-state index is 11.8. The number of anilines is 1. The van der Waals surface area contributed by atoms with Crippen molar-refractivity contribution in [3.8, 4) is 11.5 Å². The van der Waals surface area contributed by atoms with Crippen molar-refractivity contribution in [3.63, 3.8) is 0 Å². The molecule has 29 heavy (non-hydrogen) atoms. The number of hydrogen-bond acceptors (Lipinski definition) is 7. The highest BCUT2D eigenvalue weighted by atomic mass is 16.6. The van der Waals surface area contributed by atoms with Crippen molar-refractivity contribution in [2.75, 3.05) is 26.1 Å². The fourth-order valence-corrected chi connectivity index (χ4v) is 2.18. The predicted molar refractivity (Wildman–Crippen MR) is 105 cm³/mol. The lowest BCUT2D eigenvalue weighted by Crippen LogP contribution is -2.37. The maximum Gasteiger partial charge on any atom is 0.319 e. The van der Waals surface area contributed by atoms with E-state index in [1.54, 1.807) is 18.2 Å². The van der Waals surface area contributed by atoms with Gasteiger partial charge in [-0.05, 0) is 29.8 Å². The van der Waals surface area contributed by atoms with E-state index >= 15 is 0 Å². The Morgan fingerprint density at radius 3 is 2.59 bits per heavy atom. The smallest absolute Gasteiger partial charge is 0.319 e. The molecule has 2 aromatic rings. The molecule has 0 saturated carbocycles. The molecule has 0 bridgehead atoms. The molecule has 0 spiro atoms. The zero-order chi connectivity index (χ0) is 21.2. The van der Waals surface area contributed by atoms with E-state index in [0.29, 0.717) is 17.1 Å². The van der Waals surface area contributed by atoms with Gasteiger partial charge in [-0.2, -0.15) is 5.10 Å². The first kappa shape index (κ1) is 21.2. The normalized spacial score (nSPS) is 10.3. The Kier molecular flexibility index (Phi) is 7.48. The average molecular weight is 401 g/mol. The molecule has 0 fully saturated rings. The monoisotopic (exact) mass is 401 g/mol. The molecular weight excluding hydrogens is 382 g/mol. The lowest BCUT2D eigenvalue weighted by Gasteiger charge is -2.08. The van der Waals surface area contributed by atoms with Gasteiger partial charge in [-0.1, -0.05) is 6.07 Å². The van der Waals surface area contributed by atoms with Crippen LogP contribution in [0.3, 0.4) is 0 Å². The van der Waals surface area contributed by atoms with Crippen molar-refractivity contribution in [3.05, 3.63) is 58.1 Å². The van der Waals surface area contributed by atoms with Crippen LogP contribution in [0.25, 0.3) is 0 Å². The third-order valence-electron chi connectivity index (χ3n) is 3.53. The summed E-state index contributed by atoms with van der Waals surface area (Å²) in [4.78, 5) is 33.7. The molecule has 2 rings (SSSR count). The van der Waals surface area contributed by atoms with Gasteiger partial charge in [-0.3, -0.25) is 14.9 Å². The van der Waals surface area contributed by atoms with E-state index in [4.69, 9.17) is 9.47 Å². The summed E-state index contributed by atoms with van der Waals surface area (Å²) in [5.41, 5.74) is 3.00. The number of methoxy groups -OCH3 is 2. The second kappa shape index (κ2) is 10.3. The minimum absolute atomic E-state index is 0.162. The molecule has 0 aliphatic rings. The van der Waals surface area contributed by atoms with E-state index in [1.807, 2.05) is 0 Å². The van der Waals surface area contributed by atoms with Crippen LogP contribution in [0, 0.1) is 10.1 Å². The highest BCUT2D eigenvalue weighted by Crippen LogP contribution is 2.26. The number of nitrogens with one attached hydrogen (secondary N) is 3. The maximum atomic E-state index is 11.8. The summed E-state index contributed by atoms with van der Waals surface area (Å²) >= 11 is 0. The molecule has 152 valence electrons. The molecule has 0 aliphatic carbocycles. The van der Waals surface area contributed by atoms with Gasteiger partial charge >= 0.3 is 6.03 Å². The van der Waals surface area contributed by atoms with Crippen molar-refractivity contribution in [2.24, 2.45) is 5.10 Å². The molecule has 0 atom stereocenters. The average Bonchev–Trinajstić information content (AvgIpc) is 2.72. The van der Waals surface area contributed by atoms with Gasteiger partial charge in [0.2, 0.25) is 0 Å². The number of amides is 3. The van der Waals surface area contributed by atoms with Crippen molar-refractivity contribution in [1.29, 1.82) is 0 Å². The van der Waals surface area contributed by atoms with Crippen LogP contribution in [0.15, 0.2) is 47.6 Å². The summed E-state index contributed by atoms with van der Waals surface area (Å²) < 4.78 is 10.3. The van der Waals surface area contributed by atoms with Gasteiger partial charge in [0.15, 0.2) is 11.5 Å². The van der Waals surface area contributed by atoms with Gasteiger partial charge in [-0.25, -0.2) is 10.2 Å². The lowest BCUT2D eigenvalue weighted by atomic mass is 10.2. The topological polar surface area (TPSA) is 144 Å². The molecular formula is C18H19N5O6. The quantitative estimate of drug-likeness (QED) is 0.350. The van der Waals surface area contributed by atoms with Crippen molar-refractivity contribution in [1.82, 2.24) is 10.7 Å². The molecule has 0 saturated heterocycles. The summed E-state index contributed by atoms with van der Waals surface area (Å²) in [6.07, 6.45) is 1.41. The highest BCUT2D eigenvalue weighted by Gasteiger charge is 2.09. The number of nitrogens with zero attached hydrogens (tertiary/aromatic N) is 2. The summed E-state index contributed by atoms with van der Waals surface area (Å²) in [5.74, 6) is 0.519. The number of urea groups is 1. The molecule has 3 amide bonds. The first-order chi connectivity index (χ1) is 13.9. The number of carbonyl (C=O) groups is 2. The number of nitro groups is 1. The second-order valence-electron chi connectivity index (χ2n) is 5.52. The molecule has 2 aromatic carbocycles. The number of nitro benzene ring substituents is 1. The van der Waals surface area contributed by atoms with Crippen LogP contribution in [-0.4, -0.2) is 43.8 Å². The van der Waals surface area contributed by atoms with Gasteiger partial charge < -0.3 is 20.1 Å². The van der Waals surface area contributed by atoms with Crippen molar-refractivity contribution >= 4 is 29.5 Å². The minimum atomic E-state index is -0.690. The summed E-state index contributed by atoms with van der Waals surface area (Å²) in [7, 11) is 3.03. The van der Waals surface area contributed by atoms with Gasteiger partial charge in [0.1, 0.15) is 6.54 Å². The number of non-ortho nitro benzene ring substituents is 1. The van der Waals surface area contributed by atoms with Crippen LogP contribution in [-0.2, 0) is 4.79 Å². The molecule has 0 unspecified atom stereocenters. The van der Waals surface area contributed by atoms with E-state index < -0.39 is 16.9 Å². The third kappa shape index (κ3) is 6.50. The Hall–Kier alpha value is -4.15. The van der Waals surface area contributed by atoms with Crippen molar-refractivity contribution < 1.29 is 24.0 Å². The Balaban J connectivity index is 1.81. The van der Waals surface area contributed by atoms with Crippen LogP contribution in [0.4, 0.5) is 16.2 Å². The predicted octanol–water partition coefficient (Wildman–Crippen LogP) is 1.88. The highest BCUT2D eigenvalue weighted by molar-refractivity contribution is 5.92.